The molecule has 158 valence electrons. The molecule has 1 amide bonds. The lowest BCUT2D eigenvalue weighted by atomic mass is 10.0. The number of aryl methyl sites for hydroxylation is 1. The zero-order valence-corrected chi connectivity index (χ0v) is 17.6. The van der Waals surface area contributed by atoms with E-state index in [1.165, 1.54) is 0 Å². The number of amides is 1. The summed E-state index contributed by atoms with van der Waals surface area (Å²) in [4.78, 5) is 24.8. The normalized spacial score (nSPS) is 11.1. The lowest BCUT2D eigenvalue weighted by molar-refractivity contribution is 0.0925. The first-order chi connectivity index (χ1) is 15.4. The van der Waals surface area contributed by atoms with Crippen LogP contribution in [0.15, 0.2) is 49.1 Å². The van der Waals surface area contributed by atoms with Crippen molar-refractivity contribution in [2.24, 2.45) is 0 Å². The van der Waals surface area contributed by atoms with Crippen molar-refractivity contribution < 1.29 is 4.79 Å². The van der Waals surface area contributed by atoms with Crippen LogP contribution < -0.4 is 5.32 Å². The van der Waals surface area contributed by atoms with E-state index in [0.717, 1.165) is 22.2 Å². The molecule has 0 radical (unpaired) electrons. The number of aromatic amines is 1. The van der Waals surface area contributed by atoms with Crippen molar-refractivity contribution in [3.05, 3.63) is 54.7 Å². The fourth-order valence-electron chi connectivity index (χ4n) is 3.30. The average Bonchev–Trinajstić information content (AvgIpc) is 3.43. The first kappa shape index (κ1) is 20.8. The Morgan fingerprint density at radius 3 is 2.84 bits per heavy atom. The number of pyridine rings is 2. The second-order valence-electron chi connectivity index (χ2n) is 7.84. The van der Waals surface area contributed by atoms with Gasteiger partial charge in [-0.15, -0.1) is 0 Å². The zero-order valence-electron chi connectivity index (χ0n) is 17.6. The number of carbonyl (C=O) groups is 1. The molecule has 2 N–H and O–H groups in total. The fourth-order valence-corrected chi connectivity index (χ4v) is 3.30. The summed E-state index contributed by atoms with van der Waals surface area (Å²) < 4.78 is 1.73. The SMILES string of the molecule is CC(C)(C#N)NC(=O)c1ncccc1-c1cnc2[nH]c(-c3cnn(CCC#N)c3)cc2c1. The van der Waals surface area contributed by atoms with E-state index < -0.39 is 11.4 Å². The van der Waals surface area contributed by atoms with Crippen LogP contribution in [0, 0.1) is 22.7 Å². The van der Waals surface area contributed by atoms with Crippen LogP contribution in [-0.4, -0.2) is 36.2 Å². The van der Waals surface area contributed by atoms with Gasteiger partial charge in [0.25, 0.3) is 5.91 Å². The topological polar surface area (TPSA) is 136 Å². The first-order valence-electron chi connectivity index (χ1n) is 9.98. The van der Waals surface area contributed by atoms with Gasteiger partial charge in [0.1, 0.15) is 16.9 Å². The van der Waals surface area contributed by atoms with Gasteiger partial charge in [-0.2, -0.15) is 15.6 Å². The molecule has 0 bridgehead atoms. The minimum Gasteiger partial charge on any atom is -0.339 e. The van der Waals surface area contributed by atoms with Crippen molar-refractivity contribution in [2.75, 3.05) is 0 Å². The van der Waals surface area contributed by atoms with Crippen LogP contribution in [0.4, 0.5) is 0 Å². The van der Waals surface area contributed by atoms with E-state index in [9.17, 15) is 10.1 Å². The number of H-pyrrole nitrogens is 1. The average molecular weight is 424 g/mol. The predicted molar refractivity (Wildman–Crippen MR) is 118 cm³/mol. The molecule has 0 atom stereocenters. The largest absolute Gasteiger partial charge is 0.339 e. The molecule has 0 spiro atoms. The van der Waals surface area contributed by atoms with Crippen LogP contribution in [0.2, 0.25) is 0 Å². The maximum Gasteiger partial charge on any atom is 0.271 e. The number of aromatic nitrogens is 5. The van der Waals surface area contributed by atoms with Gasteiger partial charge in [-0.1, -0.05) is 6.07 Å². The molecule has 0 aliphatic carbocycles. The van der Waals surface area contributed by atoms with E-state index in [-0.39, 0.29) is 5.69 Å². The van der Waals surface area contributed by atoms with E-state index in [4.69, 9.17) is 5.26 Å². The standard InChI is InChI=1S/C23H20N8O/c1-23(2,14-25)30-22(32)20-18(5-3-7-26-20)16-9-15-10-19(29-21(15)27-11-16)17-12-28-31(13-17)8-4-6-24/h3,5,7,9-13H,4,8H2,1-2H3,(H,27,29)(H,30,32). The van der Waals surface area contributed by atoms with Crippen molar-refractivity contribution in [1.29, 1.82) is 10.5 Å². The highest BCUT2D eigenvalue weighted by Gasteiger charge is 2.23. The van der Waals surface area contributed by atoms with E-state index >= 15 is 0 Å². The smallest absolute Gasteiger partial charge is 0.271 e. The maximum atomic E-state index is 12.8. The summed E-state index contributed by atoms with van der Waals surface area (Å²) in [6.45, 7) is 3.80. The van der Waals surface area contributed by atoms with Crippen LogP contribution in [0.5, 0.6) is 0 Å². The number of fused-ring (bicyclic) bond motifs is 1. The van der Waals surface area contributed by atoms with Crippen molar-refractivity contribution in [3.8, 4) is 34.5 Å². The molecule has 0 fully saturated rings. The minimum absolute atomic E-state index is 0.228. The quantitative estimate of drug-likeness (QED) is 0.487. The third-order valence-corrected chi connectivity index (χ3v) is 4.91. The lowest BCUT2D eigenvalue weighted by Crippen LogP contribution is -2.42. The van der Waals surface area contributed by atoms with Crippen LogP contribution in [0.3, 0.4) is 0 Å². The Morgan fingerprint density at radius 2 is 2.06 bits per heavy atom. The molecular weight excluding hydrogens is 404 g/mol. The van der Waals surface area contributed by atoms with Gasteiger partial charge in [-0.05, 0) is 32.0 Å². The molecular formula is C23H20N8O. The number of rotatable bonds is 6. The van der Waals surface area contributed by atoms with Gasteiger partial charge in [0, 0.05) is 40.7 Å². The molecule has 9 heteroatoms. The van der Waals surface area contributed by atoms with Gasteiger partial charge in [0.2, 0.25) is 0 Å². The number of carbonyl (C=O) groups excluding carboxylic acids is 1. The minimum atomic E-state index is -1.01. The highest BCUT2D eigenvalue weighted by molar-refractivity contribution is 6.00. The Bertz CT molecular complexity index is 1380. The van der Waals surface area contributed by atoms with E-state index in [2.05, 4.69) is 37.5 Å². The zero-order chi connectivity index (χ0) is 22.7. The third-order valence-electron chi connectivity index (χ3n) is 4.91. The fraction of sp³-hybridized carbons (Fsp3) is 0.217. The molecule has 0 aromatic carbocycles. The Morgan fingerprint density at radius 1 is 1.22 bits per heavy atom. The van der Waals surface area contributed by atoms with Crippen molar-refractivity contribution in [3.63, 3.8) is 0 Å². The highest BCUT2D eigenvalue weighted by Crippen LogP contribution is 2.28. The highest BCUT2D eigenvalue weighted by atomic mass is 16.2. The van der Waals surface area contributed by atoms with Crippen molar-refractivity contribution >= 4 is 16.9 Å². The predicted octanol–water partition coefficient (Wildman–Crippen LogP) is 3.43. The summed E-state index contributed by atoms with van der Waals surface area (Å²) in [5, 5.41) is 25.8. The maximum absolute atomic E-state index is 12.8. The van der Waals surface area contributed by atoms with Crippen LogP contribution >= 0.6 is 0 Å². The Labute approximate surface area is 184 Å². The van der Waals surface area contributed by atoms with Gasteiger partial charge >= 0.3 is 0 Å². The summed E-state index contributed by atoms with van der Waals surface area (Å²) in [5.74, 6) is -0.424. The third kappa shape index (κ3) is 4.18. The van der Waals surface area contributed by atoms with Crippen molar-refractivity contribution in [1.82, 2.24) is 30.0 Å². The molecule has 0 aliphatic rings. The molecule has 32 heavy (non-hydrogen) atoms. The molecule has 9 nitrogen and oxygen atoms in total. The number of nitrogens with one attached hydrogen (secondary N) is 2. The molecule has 0 aliphatic heterocycles. The Hall–Kier alpha value is -4.50. The molecule has 4 heterocycles. The second-order valence-corrected chi connectivity index (χ2v) is 7.84. The van der Waals surface area contributed by atoms with E-state index in [0.29, 0.717) is 24.2 Å². The van der Waals surface area contributed by atoms with E-state index in [1.807, 2.05) is 18.3 Å². The number of nitrogens with zero attached hydrogens (tertiary/aromatic N) is 6. The second kappa shape index (κ2) is 8.32. The molecule has 0 unspecified atom stereocenters. The van der Waals surface area contributed by atoms with Gasteiger partial charge in [-0.25, -0.2) is 4.98 Å². The summed E-state index contributed by atoms with van der Waals surface area (Å²) in [6, 6.07) is 11.6. The Balaban J connectivity index is 1.67. The summed E-state index contributed by atoms with van der Waals surface area (Å²) >= 11 is 0. The van der Waals surface area contributed by atoms with Crippen LogP contribution in [0.1, 0.15) is 30.8 Å². The molecule has 4 aromatic rings. The van der Waals surface area contributed by atoms with Gasteiger partial charge in [0.15, 0.2) is 0 Å². The van der Waals surface area contributed by atoms with Gasteiger partial charge < -0.3 is 10.3 Å². The summed E-state index contributed by atoms with van der Waals surface area (Å²) in [6.07, 6.45) is 7.24. The summed E-state index contributed by atoms with van der Waals surface area (Å²) in [7, 11) is 0. The number of hydrogen-bond acceptors (Lipinski definition) is 6. The Kier molecular flexibility index (Phi) is 5.40. The van der Waals surface area contributed by atoms with Crippen LogP contribution in [-0.2, 0) is 6.54 Å². The van der Waals surface area contributed by atoms with Crippen molar-refractivity contribution in [2.45, 2.75) is 32.4 Å². The molecule has 4 rings (SSSR count). The number of nitriles is 2. The first-order valence-corrected chi connectivity index (χ1v) is 9.98. The van der Waals surface area contributed by atoms with Crippen LogP contribution in [0.25, 0.3) is 33.4 Å². The number of hydrogen-bond donors (Lipinski definition) is 2. The monoisotopic (exact) mass is 424 g/mol. The molecule has 0 saturated carbocycles. The molecule has 4 aromatic heterocycles. The lowest BCUT2D eigenvalue weighted by Gasteiger charge is -2.18. The van der Waals surface area contributed by atoms with Gasteiger partial charge in [0.05, 0.1) is 37.0 Å². The molecule has 0 saturated heterocycles. The van der Waals surface area contributed by atoms with E-state index in [1.54, 1.807) is 49.3 Å². The summed E-state index contributed by atoms with van der Waals surface area (Å²) in [5.41, 5.74) is 3.03. The van der Waals surface area contributed by atoms with Gasteiger partial charge in [-0.3, -0.25) is 14.5 Å².